The molecule has 1 heterocycles. The fourth-order valence-electron chi connectivity index (χ4n) is 2.55. The van der Waals surface area contributed by atoms with Crippen LogP contribution in [0.4, 0.5) is 4.39 Å². The van der Waals surface area contributed by atoms with Crippen LogP contribution in [0.1, 0.15) is 16.5 Å². The minimum absolute atomic E-state index is 0.0430. The van der Waals surface area contributed by atoms with Crippen molar-refractivity contribution >= 4 is 11.6 Å². The molecule has 4 heteroatoms. The van der Waals surface area contributed by atoms with Crippen molar-refractivity contribution in [1.82, 2.24) is 5.32 Å². The second kappa shape index (κ2) is 6.46. The van der Waals surface area contributed by atoms with Gasteiger partial charge in [-0.3, -0.25) is 0 Å². The zero-order valence-corrected chi connectivity index (χ0v) is 12.3. The van der Waals surface area contributed by atoms with Crippen LogP contribution >= 0.6 is 11.6 Å². The molecule has 110 valence electrons. The summed E-state index contributed by atoms with van der Waals surface area (Å²) in [5.41, 5.74) is 2.04. The van der Waals surface area contributed by atoms with Gasteiger partial charge in [0.1, 0.15) is 17.7 Å². The van der Waals surface area contributed by atoms with Crippen molar-refractivity contribution in [2.24, 2.45) is 0 Å². The molecule has 1 aliphatic rings. The highest BCUT2D eigenvalue weighted by atomic mass is 35.5. The molecule has 1 N–H and O–H groups in total. The van der Waals surface area contributed by atoms with E-state index in [1.165, 1.54) is 6.07 Å². The zero-order valence-electron chi connectivity index (χ0n) is 11.6. The minimum atomic E-state index is -0.212. The van der Waals surface area contributed by atoms with E-state index in [1.54, 1.807) is 12.1 Å². The summed E-state index contributed by atoms with van der Waals surface area (Å²) in [5.74, 6) is 0.574. The Morgan fingerprint density at radius 3 is 2.86 bits per heavy atom. The molecular formula is C17H17ClFNO. The average Bonchev–Trinajstić information content (AvgIpc) is 2.89. The number of rotatable bonds is 5. The van der Waals surface area contributed by atoms with E-state index in [2.05, 4.69) is 5.32 Å². The summed E-state index contributed by atoms with van der Waals surface area (Å²) in [4.78, 5) is 0. The van der Waals surface area contributed by atoms with E-state index in [0.717, 1.165) is 23.3 Å². The van der Waals surface area contributed by atoms with Crippen molar-refractivity contribution in [2.45, 2.75) is 17.9 Å². The van der Waals surface area contributed by atoms with Crippen molar-refractivity contribution < 1.29 is 9.13 Å². The molecule has 0 amide bonds. The van der Waals surface area contributed by atoms with Gasteiger partial charge < -0.3 is 10.1 Å². The third kappa shape index (κ3) is 3.55. The van der Waals surface area contributed by atoms with Gasteiger partial charge in [-0.05, 0) is 23.8 Å². The van der Waals surface area contributed by atoms with E-state index in [0.29, 0.717) is 13.1 Å². The van der Waals surface area contributed by atoms with Crippen LogP contribution in [0.15, 0.2) is 48.5 Å². The first-order chi connectivity index (χ1) is 10.2. The van der Waals surface area contributed by atoms with E-state index < -0.39 is 0 Å². The second-order valence-corrected chi connectivity index (χ2v) is 5.76. The highest BCUT2D eigenvalue weighted by Crippen LogP contribution is 2.29. The number of hydrogen-bond donors (Lipinski definition) is 1. The first-order valence-corrected chi connectivity index (χ1v) is 7.51. The third-order valence-corrected chi connectivity index (χ3v) is 4.03. The quantitative estimate of drug-likeness (QED) is 0.851. The van der Waals surface area contributed by atoms with Gasteiger partial charge in [-0.1, -0.05) is 30.3 Å². The summed E-state index contributed by atoms with van der Waals surface area (Å²) in [7, 11) is 0. The zero-order chi connectivity index (χ0) is 14.7. The fraction of sp³-hybridized carbons (Fsp3) is 0.294. The molecule has 0 fully saturated rings. The molecule has 1 aliphatic heterocycles. The van der Waals surface area contributed by atoms with E-state index in [-0.39, 0.29) is 17.3 Å². The topological polar surface area (TPSA) is 21.3 Å². The van der Waals surface area contributed by atoms with Gasteiger partial charge in [0, 0.05) is 25.1 Å². The Balaban J connectivity index is 1.47. The molecule has 0 bridgehead atoms. The summed E-state index contributed by atoms with van der Waals surface area (Å²) in [5, 5.41) is 3.26. The summed E-state index contributed by atoms with van der Waals surface area (Å²) in [6.45, 7) is 1.38. The van der Waals surface area contributed by atoms with Crippen LogP contribution in [0.5, 0.6) is 5.75 Å². The molecule has 2 atom stereocenters. The number of ether oxygens (including phenoxy) is 1. The van der Waals surface area contributed by atoms with Gasteiger partial charge in [-0.25, -0.2) is 4.39 Å². The van der Waals surface area contributed by atoms with Crippen molar-refractivity contribution in [2.75, 3.05) is 13.1 Å². The standard InChI is InChI=1S/C17H17ClFNO/c18-16(12-4-2-1-3-5-12)11-20-10-15-9-13-8-14(19)6-7-17(13)21-15/h1-8,15-16,20H,9-11H2. The summed E-state index contributed by atoms with van der Waals surface area (Å²) in [6, 6.07) is 14.6. The molecule has 2 aromatic rings. The number of hydrogen-bond acceptors (Lipinski definition) is 2. The Hall–Kier alpha value is -1.58. The first kappa shape index (κ1) is 14.4. The molecule has 0 radical (unpaired) electrons. The maximum atomic E-state index is 13.1. The Morgan fingerprint density at radius 1 is 1.24 bits per heavy atom. The first-order valence-electron chi connectivity index (χ1n) is 7.07. The lowest BCUT2D eigenvalue weighted by atomic mass is 10.1. The van der Waals surface area contributed by atoms with Gasteiger partial charge in [0.05, 0.1) is 5.38 Å². The van der Waals surface area contributed by atoms with E-state index in [4.69, 9.17) is 16.3 Å². The normalized spacial score (nSPS) is 18.1. The molecule has 0 saturated heterocycles. The van der Waals surface area contributed by atoms with Crippen molar-refractivity contribution in [3.05, 3.63) is 65.5 Å². The fourth-order valence-corrected chi connectivity index (χ4v) is 2.81. The minimum Gasteiger partial charge on any atom is -0.488 e. The Bertz CT molecular complexity index is 605. The lowest BCUT2D eigenvalue weighted by molar-refractivity contribution is 0.228. The van der Waals surface area contributed by atoms with Gasteiger partial charge in [0.25, 0.3) is 0 Å². The largest absolute Gasteiger partial charge is 0.488 e. The van der Waals surface area contributed by atoms with E-state index in [1.807, 2.05) is 30.3 Å². The third-order valence-electron chi connectivity index (χ3n) is 3.62. The molecule has 21 heavy (non-hydrogen) atoms. The van der Waals surface area contributed by atoms with Crippen molar-refractivity contribution in [1.29, 1.82) is 0 Å². The van der Waals surface area contributed by atoms with Gasteiger partial charge >= 0.3 is 0 Å². The van der Waals surface area contributed by atoms with Crippen LogP contribution in [0.25, 0.3) is 0 Å². The predicted octanol–water partition coefficient (Wildman–Crippen LogP) is 3.70. The Labute approximate surface area is 128 Å². The Kier molecular flexibility index (Phi) is 4.42. The monoisotopic (exact) mass is 305 g/mol. The smallest absolute Gasteiger partial charge is 0.123 e. The Morgan fingerprint density at radius 2 is 2.05 bits per heavy atom. The molecule has 2 unspecified atom stereocenters. The SMILES string of the molecule is Fc1ccc2c(c1)CC(CNCC(Cl)c1ccccc1)O2. The number of benzene rings is 2. The summed E-state index contributed by atoms with van der Waals surface area (Å²) < 4.78 is 18.9. The highest BCUT2D eigenvalue weighted by Gasteiger charge is 2.23. The van der Waals surface area contributed by atoms with Gasteiger partial charge in [-0.2, -0.15) is 0 Å². The van der Waals surface area contributed by atoms with Crippen LogP contribution in [0, 0.1) is 5.82 Å². The molecule has 0 saturated carbocycles. The maximum absolute atomic E-state index is 13.1. The molecule has 0 aromatic heterocycles. The van der Waals surface area contributed by atoms with Crippen LogP contribution in [-0.2, 0) is 6.42 Å². The molecule has 3 rings (SSSR count). The molecule has 2 nitrogen and oxygen atoms in total. The van der Waals surface area contributed by atoms with Crippen LogP contribution in [-0.4, -0.2) is 19.2 Å². The number of halogens is 2. The van der Waals surface area contributed by atoms with Gasteiger partial charge in [-0.15, -0.1) is 11.6 Å². The maximum Gasteiger partial charge on any atom is 0.123 e. The van der Waals surface area contributed by atoms with Crippen molar-refractivity contribution in [3.8, 4) is 5.75 Å². The number of alkyl halides is 1. The van der Waals surface area contributed by atoms with Crippen molar-refractivity contribution in [3.63, 3.8) is 0 Å². The van der Waals surface area contributed by atoms with Crippen LogP contribution in [0.2, 0.25) is 0 Å². The van der Waals surface area contributed by atoms with Crippen LogP contribution < -0.4 is 10.1 Å². The molecular weight excluding hydrogens is 289 g/mol. The van der Waals surface area contributed by atoms with Crippen LogP contribution in [0.3, 0.4) is 0 Å². The molecule has 2 aromatic carbocycles. The molecule has 0 spiro atoms. The number of fused-ring (bicyclic) bond motifs is 1. The lowest BCUT2D eigenvalue weighted by Gasteiger charge is -2.14. The lowest BCUT2D eigenvalue weighted by Crippen LogP contribution is -2.32. The summed E-state index contributed by atoms with van der Waals surface area (Å²) in [6.07, 6.45) is 0.778. The highest BCUT2D eigenvalue weighted by molar-refractivity contribution is 6.21. The molecule has 0 aliphatic carbocycles. The van der Waals surface area contributed by atoms with Gasteiger partial charge in [0.2, 0.25) is 0 Å². The van der Waals surface area contributed by atoms with E-state index in [9.17, 15) is 4.39 Å². The van der Waals surface area contributed by atoms with E-state index >= 15 is 0 Å². The van der Waals surface area contributed by atoms with Gasteiger partial charge in [0.15, 0.2) is 0 Å². The summed E-state index contributed by atoms with van der Waals surface area (Å²) >= 11 is 6.35. The predicted molar refractivity (Wildman–Crippen MR) is 82.4 cm³/mol. The number of nitrogens with one attached hydrogen (secondary N) is 1. The second-order valence-electron chi connectivity index (χ2n) is 5.23. The average molecular weight is 306 g/mol.